The van der Waals surface area contributed by atoms with Crippen molar-refractivity contribution in [1.29, 1.82) is 0 Å². The average molecular weight is 525 g/mol. The van der Waals surface area contributed by atoms with Crippen LogP contribution in [0.2, 0.25) is 0 Å². The Balaban J connectivity index is 0.00000110. The molecule has 1 aliphatic heterocycles. The van der Waals surface area contributed by atoms with Crippen molar-refractivity contribution in [2.24, 2.45) is 5.92 Å². The summed E-state index contributed by atoms with van der Waals surface area (Å²) in [5, 5.41) is 10.4. The van der Waals surface area contributed by atoms with Crippen LogP contribution in [-0.2, 0) is 9.53 Å². The second-order valence-corrected chi connectivity index (χ2v) is 10.1. The minimum absolute atomic E-state index is 0.0216. The van der Waals surface area contributed by atoms with E-state index < -0.39 is 5.97 Å². The van der Waals surface area contributed by atoms with Gasteiger partial charge in [-0.2, -0.15) is 0 Å². The van der Waals surface area contributed by atoms with Crippen molar-refractivity contribution in [2.75, 3.05) is 13.2 Å². The first kappa shape index (κ1) is 32.8. The molecule has 0 atom stereocenters. The van der Waals surface area contributed by atoms with Crippen molar-refractivity contribution in [3.63, 3.8) is 0 Å². The molecule has 0 aromatic rings. The first-order chi connectivity index (χ1) is 18.3. The summed E-state index contributed by atoms with van der Waals surface area (Å²) in [5.41, 5.74) is 4.00. The van der Waals surface area contributed by atoms with E-state index in [4.69, 9.17) is 14.6 Å². The molecule has 6 nitrogen and oxygen atoms in total. The third kappa shape index (κ3) is 12.9. The van der Waals surface area contributed by atoms with Gasteiger partial charge in [0.1, 0.15) is 12.4 Å². The molecule has 0 saturated heterocycles. The number of carbonyl (C=O) groups excluding carboxylic acids is 1. The maximum Gasteiger partial charge on any atom is 0.322 e. The highest BCUT2D eigenvalue weighted by Gasteiger charge is 2.24. The lowest BCUT2D eigenvalue weighted by molar-refractivity contribution is -0.134. The molecule has 3 aliphatic rings. The second kappa shape index (κ2) is 19.0. The average Bonchev–Trinajstić information content (AvgIpc) is 3.28. The summed E-state index contributed by atoms with van der Waals surface area (Å²) in [5.74, 6) is 0.826. The Bertz CT molecular complexity index is 909. The monoisotopic (exact) mass is 524 g/mol. The summed E-state index contributed by atoms with van der Waals surface area (Å²) >= 11 is 0. The van der Waals surface area contributed by atoms with Gasteiger partial charge in [-0.1, -0.05) is 67.7 Å². The van der Waals surface area contributed by atoms with Crippen LogP contribution < -0.4 is 5.32 Å². The molecule has 0 aromatic carbocycles. The van der Waals surface area contributed by atoms with Crippen LogP contribution in [0.15, 0.2) is 59.1 Å². The largest absolute Gasteiger partial charge is 0.495 e. The number of carboxylic acid groups (broad SMARTS) is 1. The summed E-state index contributed by atoms with van der Waals surface area (Å²) in [7, 11) is 0. The molecule has 0 spiro atoms. The van der Waals surface area contributed by atoms with Crippen molar-refractivity contribution < 1.29 is 19.4 Å². The first-order valence-electron chi connectivity index (χ1n) is 13.9. The van der Waals surface area contributed by atoms with Crippen LogP contribution in [0.25, 0.3) is 0 Å². The Labute approximate surface area is 230 Å². The molecule has 1 saturated carbocycles. The molecule has 3 rings (SSSR count). The number of carbonyl (C=O) groups is 2. The van der Waals surface area contributed by atoms with Gasteiger partial charge in [-0.05, 0) is 70.8 Å². The van der Waals surface area contributed by atoms with Crippen molar-refractivity contribution in [3.05, 3.63) is 59.1 Å². The molecule has 210 valence electrons. The standard InChI is InChI=1S/C28H42N2O2.C2H4O2.C2H2/c1-22(2)29-28(31)30-20-21-32-23(3)27(30)17-10-6-7-12-24-13-11-16-26(19-18-24)25-14-8-4-5-9-15-25;1-2(3)4;1-2/h6-7,11,13,18-19,22,25H,4-5,8-10,12,14-17,20-21H2,1-3H3,(H,29,31);1H3,(H,3,4);1-2H/b7-6-;;. The minimum Gasteiger partial charge on any atom is -0.495 e. The van der Waals surface area contributed by atoms with Crippen molar-refractivity contribution >= 4 is 12.0 Å². The number of amides is 2. The SMILES string of the molecule is C#C.CC(=O)O.CC1=C(CC/C=C\CC2=CC=C(C3CCCCCC3)CC=C2)N(C(=O)NC(C)C)CCO1. The van der Waals surface area contributed by atoms with Crippen LogP contribution in [0.1, 0.15) is 91.9 Å². The van der Waals surface area contributed by atoms with E-state index in [-0.39, 0.29) is 12.1 Å². The second-order valence-electron chi connectivity index (χ2n) is 10.1. The zero-order chi connectivity index (χ0) is 28.3. The summed E-state index contributed by atoms with van der Waals surface area (Å²) in [6, 6.07) is 0.108. The zero-order valence-electron chi connectivity index (χ0n) is 23.9. The molecular weight excluding hydrogens is 476 g/mol. The number of nitrogens with zero attached hydrogens (tertiary/aromatic N) is 1. The van der Waals surface area contributed by atoms with Crippen LogP contribution in [0.3, 0.4) is 0 Å². The van der Waals surface area contributed by atoms with E-state index in [1.165, 1.54) is 44.1 Å². The predicted octanol–water partition coefficient (Wildman–Crippen LogP) is 7.52. The molecule has 2 amide bonds. The zero-order valence-corrected chi connectivity index (χ0v) is 23.9. The van der Waals surface area contributed by atoms with E-state index >= 15 is 0 Å². The number of hydrogen-bond donors (Lipinski definition) is 2. The van der Waals surface area contributed by atoms with E-state index in [0.717, 1.165) is 50.0 Å². The van der Waals surface area contributed by atoms with E-state index in [0.29, 0.717) is 13.2 Å². The topological polar surface area (TPSA) is 78.9 Å². The van der Waals surface area contributed by atoms with Crippen LogP contribution in [-0.4, -0.2) is 41.2 Å². The quantitative estimate of drug-likeness (QED) is 0.205. The highest BCUT2D eigenvalue weighted by molar-refractivity contribution is 5.76. The number of nitrogens with one attached hydrogen (secondary N) is 1. The molecule has 1 heterocycles. The molecule has 0 bridgehead atoms. The van der Waals surface area contributed by atoms with E-state index in [2.05, 4.69) is 54.6 Å². The lowest BCUT2D eigenvalue weighted by atomic mass is 9.89. The number of urea groups is 1. The molecule has 0 unspecified atom stereocenters. The maximum absolute atomic E-state index is 12.5. The van der Waals surface area contributed by atoms with Crippen molar-refractivity contribution in [3.8, 4) is 12.8 Å². The number of hydrogen-bond acceptors (Lipinski definition) is 3. The van der Waals surface area contributed by atoms with Gasteiger partial charge in [0.25, 0.3) is 5.97 Å². The van der Waals surface area contributed by atoms with Gasteiger partial charge in [0.2, 0.25) is 0 Å². The Kier molecular flexibility index (Phi) is 16.4. The minimum atomic E-state index is -0.833. The summed E-state index contributed by atoms with van der Waals surface area (Å²) in [6.45, 7) is 8.20. The molecule has 38 heavy (non-hydrogen) atoms. The van der Waals surface area contributed by atoms with Crippen molar-refractivity contribution in [2.45, 2.75) is 97.9 Å². The fourth-order valence-electron chi connectivity index (χ4n) is 4.89. The fourth-order valence-corrected chi connectivity index (χ4v) is 4.89. The highest BCUT2D eigenvalue weighted by Crippen LogP contribution is 2.32. The van der Waals surface area contributed by atoms with Gasteiger partial charge in [0, 0.05) is 13.0 Å². The summed E-state index contributed by atoms with van der Waals surface area (Å²) in [4.78, 5) is 23.4. The van der Waals surface area contributed by atoms with E-state index in [1.807, 2.05) is 25.7 Å². The third-order valence-corrected chi connectivity index (χ3v) is 6.67. The third-order valence-electron chi connectivity index (χ3n) is 6.67. The lowest BCUT2D eigenvalue weighted by Crippen LogP contribution is -2.45. The van der Waals surface area contributed by atoms with Gasteiger partial charge in [-0.15, -0.1) is 12.8 Å². The van der Waals surface area contributed by atoms with Gasteiger partial charge in [-0.25, -0.2) is 4.79 Å². The highest BCUT2D eigenvalue weighted by atomic mass is 16.5. The van der Waals surface area contributed by atoms with E-state index in [1.54, 1.807) is 5.57 Å². The first-order valence-corrected chi connectivity index (χ1v) is 13.9. The number of rotatable bonds is 7. The normalized spacial score (nSPS) is 18.1. The van der Waals surface area contributed by atoms with E-state index in [9.17, 15) is 4.79 Å². The van der Waals surface area contributed by atoms with Crippen LogP contribution >= 0.6 is 0 Å². The van der Waals surface area contributed by atoms with Crippen LogP contribution in [0.4, 0.5) is 4.79 Å². The molecule has 2 aliphatic carbocycles. The molecular formula is C32H48N2O4. The van der Waals surface area contributed by atoms with Crippen molar-refractivity contribution in [1.82, 2.24) is 10.2 Å². The fraction of sp³-hybridized carbons (Fsp3) is 0.562. The van der Waals surface area contributed by atoms with Gasteiger partial charge >= 0.3 is 6.03 Å². The van der Waals surface area contributed by atoms with Crippen LogP contribution in [0.5, 0.6) is 0 Å². The Morgan fingerprint density at radius 2 is 1.82 bits per heavy atom. The summed E-state index contributed by atoms with van der Waals surface area (Å²) < 4.78 is 5.72. The number of aliphatic carboxylic acids is 1. The van der Waals surface area contributed by atoms with Gasteiger partial charge in [-0.3, -0.25) is 9.69 Å². The van der Waals surface area contributed by atoms with Gasteiger partial charge in [0.05, 0.1) is 12.2 Å². The Morgan fingerprint density at radius 3 is 2.45 bits per heavy atom. The molecule has 2 N–H and O–H groups in total. The maximum atomic E-state index is 12.5. The number of allylic oxidation sites excluding steroid dienone is 10. The molecule has 6 heteroatoms. The predicted molar refractivity (Wildman–Crippen MR) is 156 cm³/mol. The molecule has 0 aromatic heterocycles. The smallest absolute Gasteiger partial charge is 0.322 e. The lowest BCUT2D eigenvalue weighted by Gasteiger charge is -2.32. The Hall–Kier alpha value is -3.20. The molecule has 1 fully saturated rings. The molecule has 0 radical (unpaired) electrons. The van der Waals surface area contributed by atoms with Gasteiger partial charge in [0.15, 0.2) is 0 Å². The van der Waals surface area contributed by atoms with Gasteiger partial charge < -0.3 is 15.2 Å². The number of carboxylic acids is 1. The van der Waals surface area contributed by atoms with Crippen LogP contribution in [0, 0.1) is 18.8 Å². The number of ether oxygens (including phenoxy) is 1. The number of terminal acetylenes is 1. The summed E-state index contributed by atoms with van der Waals surface area (Å²) in [6.07, 6.45) is 34.0. The Morgan fingerprint density at radius 1 is 1.16 bits per heavy atom.